The van der Waals surface area contributed by atoms with Gasteiger partial charge in [-0.3, -0.25) is 14.9 Å². The minimum atomic E-state index is -0.572. The summed E-state index contributed by atoms with van der Waals surface area (Å²) in [6.07, 6.45) is 2.43. The predicted molar refractivity (Wildman–Crippen MR) is 103 cm³/mol. The van der Waals surface area contributed by atoms with Crippen LogP contribution < -0.4 is 9.47 Å². The van der Waals surface area contributed by atoms with Crippen molar-refractivity contribution in [3.8, 4) is 11.5 Å². The van der Waals surface area contributed by atoms with Gasteiger partial charge in [-0.2, -0.15) is 0 Å². The molecule has 0 aromatic heterocycles. The molecule has 0 aliphatic carbocycles. The lowest BCUT2D eigenvalue weighted by molar-refractivity contribution is -0.385. The van der Waals surface area contributed by atoms with E-state index in [2.05, 4.69) is 0 Å². The topological polar surface area (TPSA) is 81.9 Å². The maximum atomic E-state index is 13.1. The van der Waals surface area contributed by atoms with Crippen LogP contribution in [0, 0.1) is 10.1 Å². The third-order valence-corrected chi connectivity index (χ3v) is 5.29. The Kier molecular flexibility index (Phi) is 5.09. The highest BCUT2D eigenvalue weighted by Gasteiger charge is 2.34. The quantitative estimate of drug-likeness (QED) is 0.561. The Labute approximate surface area is 167 Å². The number of carbonyl (C=O) groups is 1. The Morgan fingerprint density at radius 2 is 1.89 bits per heavy atom. The number of ether oxygens (including phenoxy) is 2. The molecule has 2 aromatic carbocycles. The van der Waals surface area contributed by atoms with Crippen molar-refractivity contribution < 1.29 is 19.2 Å². The van der Waals surface area contributed by atoms with Crippen LogP contribution in [0.1, 0.15) is 41.2 Å². The lowest BCUT2D eigenvalue weighted by Crippen LogP contribution is -2.31. The molecule has 0 saturated carbocycles. The highest BCUT2D eigenvalue weighted by molar-refractivity contribution is 6.31. The summed E-state index contributed by atoms with van der Waals surface area (Å²) in [6.45, 7) is 1.74. The molecule has 0 radical (unpaired) electrons. The molecule has 2 aliphatic rings. The number of amides is 1. The summed E-state index contributed by atoms with van der Waals surface area (Å²) in [5.74, 6) is 1.01. The standard InChI is InChI=1S/C20H19ClN2O5/c21-14-5-6-15(17(12-14)23(25)26)20(24)22-8-1-3-16(22)13-4-7-18-19(11-13)28-10-2-9-27-18/h4-7,11-12,16H,1-3,8-10H2/t16-/m1/s1. The van der Waals surface area contributed by atoms with Gasteiger partial charge in [0.2, 0.25) is 0 Å². The van der Waals surface area contributed by atoms with E-state index in [0.717, 1.165) is 24.8 Å². The number of nitrogens with zero attached hydrogens (tertiary/aromatic N) is 2. The van der Waals surface area contributed by atoms with Crippen molar-refractivity contribution in [3.63, 3.8) is 0 Å². The molecule has 1 fully saturated rings. The lowest BCUT2D eigenvalue weighted by Gasteiger charge is -2.25. The highest BCUT2D eigenvalue weighted by atomic mass is 35.5. The van der Waals surface area contributed by atoms with Crippen LogP contribution in [0.3, 0.4) is 0 Å². The summed E-state index contributed by atoms with van der Waals surface area (Å²) in [5.41, 5.74) is 0.712. The van der Waals surface area contributed by atoms with E-state index < -0.39 is 4.92 Å². The van der Waals surface area contributed by atoms with Crippen molar-refractivity contribution in [2.24, 2.45) is 0 Å². The molecular weight excluding hydrogens is 384 g/mol. The lowest BCUT2D eigenvalue weighted by atomic mass is 10.0. The third-order valence-electron chi connectivity index (χ3n) is 5.06. The first-order valence-corrected chi connectivity index (χ1v) is 9.57. The maximum Gasteiger partial charge on any atom is 0.283 e. The largest absolute Gasteiger partial charge is 0.490 e. The van der Waals surface area contributed by atoms with Gasteiger partial charge in [0.15, 0.2) is 11.5 Å². The molecule has 2 aliphatic heterocycles. The van der Waals surface area contributed by atoms with Gasteiger partial charge in [0.25, 0.3) is 11.6 Å². The van der Waals surface area contributed by atoms with Crippen LogP contribution in [0.5, 0.6) is 11.5 Å². The van der Waals surface area contributed by atoms with Gasteiger partial charge in [-0.25, -0.2) is 0 Å². The van der Waals surface area contributed by atoms with Gasteiger partial charge in [-0.05, 0) is 42.7 Å². The van der Waals surface area contributed by atoms with Crippen LogP contribution in [0.25, 0.3) is 0 Å². The number of carbonyl (C=O) groups excluding carboxylic acids is 1. The SMILES string of the molecule is O=C(c1ccc(Cl)cc1[N+](=O)[O-])N1CCC[C@@H]1c1ccc2c(c1)OCCCO2. The van der Waals surface area contributed by atoms with Gasteiger partial charge in [0, 0.05) is 24.1 Å². The first-order chi connectivity index (χ1) is 13.5. The van der Waals surface area contributed by atoms with E-state index in [-0.39, 0.29) is 28.2 Å². The Hall–Kier alpha value is -2.80. The minimum absolute atomic E-state index is 0.0515. The van der Waals surface area contributed by atoms with Crippen LogP contribution in [-0.4, -0.2) is 35.5 Å². The molecule has 0 unspecified atom stereocenters. The van der Waals surface area contributed by atoms with E-state index in [1.807, 2.05) is 18.2 Å². The van der Waals surface area contributed by atoms with E-state index in [1.165, 1.54) is 18.2 Å². The van der Waals surface area contributed by atoms with Crippen molar-refractivity contribution in [2.45, 2.75) is 25.3 Å². The van der Waals surface area contributed by atoms with Crippen LogP contribution >= 0.6 is 11.6 Å². The average molecular weight is 403 g/mol. The second-order valence-electron chi connectivity index (χ2n) is 6.83. The molecule has 8 heteroatoms. The Bertz CT molecular complexity index is 933. The zero-order valence-electron chi connectivity index (χ0n) is 15.1. The van der Waals surface area contributed by atoms with Crippen LogP contribution in [0.2, 0.25) is 5.02 Å². The molecule has 2 aromatic rings. The Balaban J connectivity index is 1.65. The molecular formula is C20H19ClN2O5. The number of nitro groups is 1. The zero-order valence-corrected chi connectivity index (χ0v) is 15.9. The summed E-state index contributed by atoms with van der Waals surface area (Å²) in [5, 5.41) is 11.6. The number of rotatable bonds is 3. The molecule has 4 rings (SSSR count). The predicted octanol–water partition coefficient (Wildman–Crippen LogP) is 4.39. The van der Waals surface area contributed by atoms with E-state index in [4.69, 9.17) is 21.1 Å². The van der Waals surface area contributed by atoms with Crippen LogP contribution in [0.4, 0.5) is 5.69 Å². The fraction of sp³-hybridized carbons (Fsp3) is 0.350. The van der Waals surface area contributed by atoms with Gasteiger partial charge < -0.3 is 14.4 Å². The van der Waals surface area contributed by atoms with Crippen molar-refractivity contribution in [1.82, 2.24) is 4.90 Å². The molecule has 1 saturated heterocycles. The van der Waals surface area contributed by atoms with Gasteiger partial charge in [-0.15, -0.1) is 0 Å². The summed E-state index contributed by atoms with van der Waals surface area (Å²) in [7, 11) is 0. The number of nitro benzene ring substituents is 1. The van der Waals surface area contributed by atoms with E-state index in [1.54, 1.807) is 4.90 Å². The Morgan fingerprint density at radius 3 is 2.68 bits per heavy atom. The molecule has 7 nitrogen and oxygen atoms in total. The van der Waals surface area contributed by atoms with Crippen molar-refractivity contribution in [1.29, 1.82) is 0 Å². The van der Waals surface area contributed by atoms with E-state index in [9.17, 15) is 14.9 Å². The highest BCUT2D eigenvalue weighted by Crippen LogP contribution is 2.39. The molecule has 0 spiro atoms. The maximum absolute atomic E-state index is 13.1. The van der Waals surface area contributed by atoms with Crippen molar-refractivity contribution in [3.05, 3.63) is 62.7 Å². The monoisotopic (exact) mass is 402 g/mol. The summed E-state index contributed by atoms with van der Waals surface area (Å²) >= 11 is 5.88. The summed E-state index contributed by atoms with van der Waals surface area (Å²) in [4.78, 5) is 25.6. The van der Waals surface area contributed by atoms with Crippen molar-refractivity contribution in [2.75, 3.05) is 19.8 Å². The average Bonchev–Trinajstić information content (AvgIpc) is 3.06. The normalized spacial score (nSPS) is 18.6. The second-order valence-corrected chi connectivity index (χ2v) is 7.27. The number of halogens is 1. The van der Waals surface area contributed by atoms with Crippen LogP contribution in [0.15, 0.2) is 36.4 Å². The fourth-order valence-electron chi connectivity index (χ4n) is 3.73. The molecule has 146 valence electrons. The zero-order chi connectivity index (χ0) is 19.7. The molecule has 28 heavy (non-hydrogen) atoms. The van der Waals surface area contributed by atoms with E-state index >= 15 is 0 Å². The molecule has 0 N–H and O–H groups in total. The van der Waals surface area contributed by atoms with Crippen molar-refractivity contribution >= 4 is 23.2 Å². The summed E-state index contributed by atoms with van der Waals surface area (Å²) < 4.78 is 11.4. The smallest absolute Gasteiger partial charge is 0.283 e. The molecule has 2 heterocycles. The molecule has 1 atom stereocenters. The number of benzene rings is 2. The van der Waals surface area contributed by atoms with Gasteiger partial charge in [0.1, 0.15) is 5.56 Å². The first kappa shape index (κ1) is 18.6. The fourth-order valence-corrected chi connectivity index (χ4v) is 3.90. The van der Waals surface area contributed by atoms with Crippen LogP contribution in [-0.2, 0) is 0 Å². The second kappa shape index (κ2) is 7.67. The molecule has 0 bridgehead atoms. The van der Waals surface area contributed by atoms with Gasteiger partial charge in [-0.1, -0.05) is 17.7 Å². The number of hydrogen-bond donors (Lipinski definition) is 0. The number of likely N-dealkylation sites (tertiary alicyclic amines) is 1. The Morgan fingerprint density at radius 1 is 1.11 bits per heavy atom. The first-order valence-electron chi connectivity index (χ1n) is 9.19. The summed E-state index contributed by atoms with van der Waals surface area (Å²) in [6, 6.07) is 9.68. The number of hydrogen-bond acceptors (Lipinski definition) is 5. The van der Waals surface area contributed by atoms with Gasteiger partial charge in [0.05, 0.1) is 24.2 Å². The van der Waals surface area contributed by atoms with Gasteiger partial charge >= 0.3 is 0 Å². The number of fused-ring (bicyclic) bond motifs is 1. The van der Waals surface area contributed by atoms with E-state index in [0.29, 0.717) is 31.3 Å². The third kappa shape index (κ3) is 3.49. The molecule has 1 amide bonds. The minimum Gasteiger partial charge on any atom is -0.490 e.